The number of carbonyl (C=O) groups is 2. The Labute approximate surface area is 197 Å². The minimum Gasteiger partial charge on any atom is -0.371 e. The summed E-state index contributed by atoms with van der Waals surface area (Å²) in [6.07, 6.45) is 6.36. The van der Waals surface area contributed by atoms with E-state index in [0.29, 0.717) is 49.1 Å². The van der Waals surface area contributed by atoms with Crippen LogP contribution in [0.2, 0.25) is 0 Å². The van der Waals surface area contributed by atoms with Crippen molar-refractivity contribution < 1.29 is 14.3 Å². The molecule has 0 radical (unpaired) electrons. The monoisotopic (exact) mass is 461 g/mol. The molecule has 1 saturated carbocycles. The number of morpholine rings is 1. The number of hydrogen-bond acceptors (Lipinski definition) is 7. The summed E-state index contributed by atoms with van der Waals surface area (Å²) < 4.78 is 7.42. The number of rotatable bonds is 5. The quantitative estimate of drug-likeness (QED) is 0.726. The number of aryl methyl sites for hydroxylation is 1. The van der Waals surface area contributed by atoms with Crippen molar-refractivity contribution in [2.75, 3.05) is 29.9 Å². The van der Waals surface area contributed by atoms with Crippen LogP contribution in [0.25, 0.3) is 0 Å². The second-order valence-corrected chi connectivity index (χ2v) is 9.79. The van der Waals surface area contributed by atoms with Crippen molar-refractivity contribution in [3.63, 3.8) is 0 Å². The first-order chi connectivity index (χ1) is 16.5. The van der Waals surface area contributed by atoms with Crippen molar-refractivity contribution in [2.24, 2.45) is 18.4 Å². The van der Waals surface area contributed by atoms with Gasteiger partial charge in [0.05, 0.1) is 18.3 Å². The lowest BCUT2D eigenvalue weighted by Gasteiger charge is -2.31. The van der Waals surface area contributed by atoms with Crippen LogP contribution < -0.4 is 10.2 Å². The summed E-state index contributed by atoms with van der Waals surface area (Å²) in [4.78, 5) is 34.1. The highest BCUT2D eigenvalue weighted by molar-refractivity contribution is 6.02. The molecule has 0 spiro atoms. The Morgan fingerprint density at radius 1 is 1.21 bits per heavy atom. The lowest BCUT2D eigenvalue weighted by Crippen LogP contribution is -2.46. The number of amides is 2. The van der Waals surface area contributed by atoms with Gasteiger partial charge in [0.1, 0.15) is 16.9 Å². The Morgan fingerprint density at radius 3 is 2.68 bits per heavy atom. The van der Waals surface area contributed by atoms with Crippen molar-refractivity contribution >= 4 is 29.1 Å². The van der Waals surface area contributed by atoms with Crippen LogP contribution in [0.15, 0.2) is 24.4 Å². The number of fused-ring (bicyclic) bond motifs is 2. The molecule has 2 amide bonds. The first-order valence-electron chi connectivity index (χ1n) is 11.9. The molecule has 1 aliphatic carbocycles. The molecule has 10 nitrogen and oxygen atoms in total. The van der Waals surface area contributed by atoms with Crippen LogP contribution in [0.5, 0.6) is 0 Å². The molecule has 34 heavy (non-hydrogen) atoms. The van der Waals surface area contributed by atoms with E-state index in [0.717, 1.165) is 25.7 Å². The lowest BCUT2D eigenvalue weighted by molar-refractivity contribution is -0.123. The van der Waals surface area contributed by atoms with Gasteiger partial charge in [-0.2, -0.15) is 10.4 Å². The summed E-state index contributed by atoms with van der Waals surface area (Å²) in [6.45, 7) is 1.75. The molecule has 3 atom stereocenters. The SMILES string of the molecule is Cn1nc(Nc2cc(N3CC[C@@](C#N)(C4CC4)C3=O)ccn2)cc1C(=O)N1CC2CCC(C1)O2. The molecule has 3 saturated heterocycles. The number of likely N-dealkylation sites (tertiary alicyclic amines) is 1. The van der Waals surface area contributed by atoms with Crippen LogP contribution >= 0.6 is 0 Å². The number of carbonyl (C=O) groups excluding carboxylic acids is 2. The lowest BCUT2D eigenvalue weighted by atomic mass is 9.83. The third-order valence-electron chi connectivity index (χ3n) is 7.57. The zero-order valence-corrected chi connectivity index (χ0v) is 19.1. The molecule has 2 unspecified atom stereocenters. The van der Waals surface area contributed by atoms with Gasteiger partial charge in [0, 0.05) is 50.7 Å². The number of nitrogens with one attached hydrogen (secondary N) is 1. The van der Waals surface area contributed by atoms with E-state index >= 15 is 0 Å². The van der Waals surface area contributed by atoms with E-state index in [2.05, 4.69) is 21.5 Å². The summed E-state index contributed by atoms with van der Waals surface area (Å²) >= 11 is 0. The highest BCUT2D eigenvalue weighted by atomic mass is 16.5. The van der Waals surface area contributed by atoms with E-state index in [4.69, 9.17) is 4.74 Å². The fraction of sp³-hybridized carbons (Fsp3) is 0.542. The van der Waals surface area contributed by atoms with Gasteiger partial charge in [-0.3, -0.25) is 14.3 Å². The van der Waals surface area contributed by atoms with Crippen LogP contribution in [0.4, 0.5) is 17.3 Å². The normalized spacial score (nSPS) is 28.3. The average Bonchev–Trinajstić information content (AvgIpc) is 3.45. The van der Waals surface area contributed by atoms with Gasteiger partial charge in [0.2, 0.25) is 5.91 Å². The Hall–Kier alpha value is -3.45. The maximum atomic E-state index is 13.1. The maximum absolute atomic E-state index is 13.1. The maximum Gasteiger partial charge on any atom is 0.272 e. The van der Waals surface area contributed by atoms with Gasteiger partial charge in [-0.05, 0) is 44.1 Å². The van der Waals surface area contributed by atoms with Gasteiger partial charge in [0.15, 0.2) is 5.82 Å². The van der Waals surface area contributed by atoms with Gasteiger partial charge < -0.3 is 19.9 Å². The van der Waals surface area contributed by atoms with Crippen molar-refractivity contribution in [3.8, 4) is 6.07 Å². The Kier molecular flexibility index (Phi) is 4.85. The van der Waals surface area contributed by atoms with E-state index < -0.39 is 5.41 Å². The average molecular weight is 462 g/mol. The van der Waals surface area contributed by atoms with Crippen LogP contribution in [-0.4, -0.2) is 63.3 Å². The van der Waals surface area contributed by atoms with Crippen molar-refractivity contribution in [2.45, 2.75) is 44.3 Å². The molecule has 2 aromatic rings. The van der Waals surface area contributed by atoms with Gasteiger partial charge in [-0.25, -0.2) is 4.98 Å². The summed E-state index contributed by atoms with van der Waals surface area (Å²) in [5, 5.41) is 17.3. The predicted molar refractivity (Wildman–Crippen MR) is 122 cm³/mol. The molecule has 4 aliphatic rings. The molecule has 10 heteroatoms. The number of hydrogen-bond donors (Lipinski definition) is 1. The van der Waals surface area contributed by atoms with Gasteiger partial charge in [-0.15, -0.1) is 0 Å². The first-order valence-corrected chi connectivity index (χ1v) is 11.9. The van der Waals surface area contributed by atoms with E-state index in [9.17, 15) is 14.9 Å². The van der Waals surface area contributed by atoms with E-state index in [-0.39, 0.29) is 29.9 Å². The van der Waals surface area contributed by atoms with E-state index in [1.54, 1.807) is 41.0 Å². The summed E-state index contributed by atoms with van der Waals surface area (Å²) in [6, 6.07) is 7.61. The molecule has 4 fully saturated rings. The van der Waals surface area contributed by atoms with Crippen LogP contribution in [0, 0.1) is 22.7 Å². The zero-order chi connectivity index (χ0) is 23.4. The van der Waals surface area contributed by atoms with Crippen LogP contribution in [0.3, 0.4) is 0 Å². The zero-order valence-electron chi connectivity index (χ0n) is 19.1. The molecule has 5 heterocycles. The first kappa shape index (κ1) is 21.1. The summed E-state index contributed by atoms with van der Waals surface area (Å²) in [7, 11) is 1.75. The summed E-state index contributed by atoms with van der Waals surface area (Å²) in [5.74, 6) is 1.04. The van der Waals surface area contributed by atoms with E-state index in [1.807, 2.05) is 4.90 Å². The van der Waals surface area contributed by atoms with Crippen molar-refractivity contribution in [1.82, 2.24) is 19.7 Å². The highest BCUT2D eigenvalue weighted by Crippen LogP contribution is 2.51. The molecule has 1 N–H and O–H groups in total. The highest BCUT2D eigenvalue weighted by Gasteiger charge is 2.56. The van der Waals surface area contributed by atoms with Crippen molar-refractivity contribution in [3.05, 3.63) is 30.1 Å². The Bertz CT molecular complexity index is 1190. The minimum absolute atomic E-state index is 0.0551. The standard InChI is InChI=1S/C24H27N7O3/c1-29-19(22(32)30-12-17-4-5-18(13-30)34-17)11-21(28-29)27-20-10-16(6-8-26-20)31-9-7-24(14-25,23(31)33)15-2-3-15/h6,8,10-11,15,17-18H,2-5,7,9,12-13H2,1H3,(H,26,27,28)/t17?,18?,24-/m1/s1. The molecule has 3 aliphatic heterocycles. The second kappa shape index (κ2) is 7.81. The Morgan fingerprint density at radius 2 is 1.97 bits per heavy atom. The number of aromatic nitrogens is 3. The fourth-order valence-electron chi connectivity index (χ4n) is 5.59. The van der Waals surface area contributed by atoms with Gasteiger partial charge in [-0.1, -0.05) is 0 Å². The number of ether oxygens (including phenoxy) is 1. The molecule has 2 bridgehead atoms. The molecule has 2 aromatic heterocycles. The molecule has 0 aromatic carbocycles. The van der Waals surface area contributed by atoms with Crippen LogP contribution in [0.1, 0.15) is 42.6 Å². The number of nitrogens with zero attached hydrogens (tertiary/aromatic N) is 6. The fourth-order valence-corrected chi connectivity index (χ4v) is 5.59. The third-order valence-corrected chi connectivity index (χ3v) is 7.57. The second-order valence-electron chi connectivity index (χ2n) is 9.79. The number of nitriles is 1. The molecule has 6 rings (SSSR count). The largest absolute Gasteiger partial charge is 0.371 e. The molecular weight excluding hydrogens is 434 g/mol. The van der Waals surface area contributed by atoms with Gasteiger partial charge >= 0.3 is 0 Å². The molecule has 176 valence electrons. The third kappa shape index (κ3) is 3.42. The topological polar surface area (TPSA) is 116 Å². The predicted octanol–water partition coefficient (Wildman–Crippen LogP) is 2.22. The number of anilines is 3. The summed E-state index contributed by atoms with van der Waals surface area (Å²) in [5.41, 5.74) is 0.320. The van der Waals surface area contributed by atoms with Crippen LogP contribution in [-0.2, 0) is 16.6 Å². The Balaban J connectivity index is 1.18. The number of pyridine rings is 1. The van der Waals surface area contributed by atoms with Gasteiger partial charge in [0.25, 0.3) is 5.91 Å². The smallest absolute Gasteiger partial charge is 0.272 e. The molecular formula is C24H27N7O3. The van der Waals surface area contributed by atoms with E-state index in [1.165, 1.54) is 0 Å². The van der Waals surface area contributed by atoms with Crippen molar-refractivity contribution in [1.29, 1.82) is 5.26 Å². The minimum atomic E-state index is -0.883.